The number of nitrogens with zero attached hydrogens (tertiary/aromatic N) is 8. The smallest absolute Gasteiger partial charge is 0.399 e. The molecule has 3 aliphatic rings. The van der Waals surface area contributed by atoms with Crippen LogP contribution in [0.25, 0.3) is 17.1 Å². The highest BCUT2D eigenvalue weighted by Crippen LogP contribution is 2.37. The minimum Gasteiger partial charge on any atom is -0.399 e. The van der Waals surface area contributed by atoms with Gasteiger partial charge in [-0.2, -0.15) is 15.3 Å². The molecule has 0 N–H and O–H groups in total. The molecule has 0 spiro atoms. The monoisotopic (exact) mass is 1360 g/mol. The first-order valence-corrected chi connectivity index (χ1v) is 27.5. The third-order valence-electron chi connectivity index (χ3n) is 11.7. The van der Waals surface area contributed by atoms with Crippen LogP contribution in [-0.2, 0) is 18.8 Å². The van der Waals surface area contributed by atoms with Gasteiger partial charge in [-0.3, -0.25) is 0 Å². The maximum atomic E-state index is 6.29. The third-order valence-corrected chi connectivity index (χ3v) is 14.6. The predicted molar refractivity (Wildman–Crippen MR) is 304 cm³/mol. The molecule has 6 heterocycles. The molecule has 12 nitrogen and oxygen atoms in total. The van der Waals surface area contributed by atoms with Gasteiger partial charge in [-0.15, -0.1) is 0 Å². The van der Waals surface area contributed by atoms with E-state index in [9.17, 15) is 0 Å². The van der Waals surface area contributed by atoms with Crippen molar-refractivity contribution in [3.8, 4) is 17.1 Å². The number of hydrogen-bond acceptors (Lipinski definition) is 9. The molecule has 0 saturated carbocycles. The summed E-state index contributed by atoms with van der Waals surface area (Å²) in [5, 5.41) is 13.4. The van der Waals surface area contributed by atoms with Gasteiger partial charge < -0.3 is 28.6 Å². The summed E-state index contributed by atoms with van der Waals surface area (Å²) in [6.07, 6.45) is 5.92. The average Bonchev–Trinajstić information content (AvgIpc) is 4.10. The van der Waals surface area contributed by atoms with Crippen LogP contribution in [0.5, 0.6) is 0 Å². The average molecular weight is 1370 g/mol. The van der Waals surface area contributed by atoms with Gasteiger partial charge in [-0.05, 0) is 168 Å². The highest BCUT2D eigenvalue weighted by Gasteiger charge is 2.52. The van der Waals surface area contributed by atoms with Crippen LogP contribution in [0.3, 0.4) is 0 Å². The normalized spacial score (nSPS) is 16.2. The molecule has 0 bridgehead atoms. The van der Waals surface area contributed by atoms with E-state index in [2.05, 4.69) is 204 Å². The number of hydrogen-bond donors (Lipinski definition) is 0. The Kier molecular flexibility index (Phi) is 19.0. The van der Waals surface area contributed by atoms with Crippen molar-refractivity contribution in [2.45, 2.75) is 59.7 Å². The number of benzene rings is 4. The van der Waals surface area contributed by atoms with E-state index in [-0.39, 0.29) is 11.2 Å². The second kappa shape index (κ2) is 24.2. The van der Waals surface area contributed by atoms with E-state index in [0.717, 1.165) is 120 Å². The molecular weight excluding hydrogens is 1310 g/mol. The van der Waals surface area contributed by atoms with E-state index in [1.54, 1.807) is 0 Å². The molecule has 0 amide bonds. The SMILES string of the molecule is Brc1cc(Br)cc(I)c1.Cc1ccn(-c2cc(B3OC(C)(C)C(C)(C)O3)cc(N3CCOCC3)c2)n1.Cc1ccn(-c2cc(Br)cc(Br)c2)n1.Cc1ccn(-c2cc(Br)cc(N3CCOCC3)c2)n1. The van der Waals surface area contributed by atoms with Crippen molar-refractivity contribution in [3.05, 3.63) is 153 Å². The van der Waals surface area contributed by atoms with Gasteiger partial charge >= 0.3 is 7.12 Å². The van der Waals surface area contributed by atoms with Gasteiger partial charge in [0.25, 0.3) is 0 Å². The van der Waals surface area contributed by atoms with Crippen LogP contribution in [-0.4, -0.2) is 100 Å². The number of aromatic nitrogens is 6. The van der Waals surface area contributed by atoms with Crippen molar-refractivity contribution in [1.29, 1.82) is 0 Å². The maximum absolute atomic E-state index is 6.29. The summed E-state index contributed by atoms with van der Waals surface area (Å²) in [6, 6.07) is 31.0. The van der Waals surface area contributed by atoms with E-state index in [0.29, 0.717) is 0 Å². The number of aryl methyl sites for hydroxylation is 3. The molecular formula is C50H55BBr5IN8O4. The molecule has 3 fully saturated rings. The van der Waals surface area contributed by atoms with Crippen LogP contribution in [0.2, 0.25) is 0 Å². The Balaban J connectivity index is 0.000000146. The zero-order valence-corrected chi connectivity index (χ0v) is 49.7. The number of halogens is 6. The summed E-state index contributed by atoms with van der Waals surface area (Å²) in [4.78, 5) is 4.69. The molecule has 0 aliphatic carbocycles. The second-order valence-corrected chi connectivity index (χ2v) is 23.5. The zero-order valence-electron chi connectivity index (χ0n) is 39.6. The Morgan fingerprint density at radius 3 is 1.16 bits per heavy atom. The fraction of sp³-hybridized carbons (Fsp3) is 0.340. The molecule has 69 heavy (non-hydrogen) atoms. The molecule has 0 unspecified atom stereocenters. The van der Waals surface area contributed by atoms with Crippen molar-refractivity contribution < 1.29 is 18.8 Å². The van der Waals surface area contributed by atoms with Gasteiger partial charge in [-0.1, -0.05) is 79.6 Å². The van der Waals surface area contributed by atoms with Crippen LogP contribution < -0.4 is 15.3 Å². The van der Waals surface area contributed by atoms with Crippen molar-refractivity contribution >= 4 is 126 Å². The predicted octanol–water partition coefficient (Wildman–Crippen LogP) is 12.6. The topological polar surface area (TPSA) is 96.9 Å². The van der Waals surface area contributed by atoms with E-state index in [4.69, 9.17) is 18.8 Å². The van der Waals surface area contributed by atoms with Crippen molar-refractivity contribution in [3.63, 3.8) is 0 Å². The number of ether oxygens (including phenoxy) is 2. The molecule has 3 saturated heterocycles. The van der Waals surface area contributed by atoms with E-state index < -0.39 is 7.12 Å². The highest BCUT2D eigenvalue weighted by atomic mass is 127. The molecule has 4 aromatic carbocycles. The van der Waals surface area contributed by atoms with Crippen LogP contribution in [0.4, 0.5) is 11.4 Å². The minimum absolute atomic E-state index is 0.366. The number of anilines is 2. The summed E-state index contributed by atoms with van der Waals surface area (Å²) >= 11 is 19.5. The van der Waals surface area contributed by atoms with Crippen molar-refractivity contribution in [1.82, 2.24) is 29.3 Å². The summed E-state index contributed by atoms with van der Waals surface area (Å²) in [5.41, 5.74) is 8.79. The molecule has 10 rings (SSSR count). The Bertz CT molecular complexity index is 2740. The lowest BCUT2D eigenvalue weighted by Crippen LogP contribution is -2.41. The van der Waals surface area contributed by atoms with E-state index >= 15 is 0 Å². The molecule has 0 radical (unpaired) electrons. The standard InChI is InChI=1S/C20H28BN3O3.C14H16BrN3O.C10H8Br2N2.C6H3Br2I/c1-15-6-7-24(22-15)18-13-16(21-26-19(2,3)20(4,5)27-21)12-17(14-18)23-8-10-25-11-9-23;1-11-2-3-18(16-11)14-9-12(15)8-13(10-14)17-4-6-19-7-5-17;1-7-2-3-14(13-7)10-5-8(11)4-9(12)6-10;7-4-1-5(8)3-6(9)2-4/h6-7,12-14H,8-11H2,1-5H3;2-3,8-10H,4-7H2,1H3;2-6H,1H3;1-3H. The minimum atomic E-state index is -0.397. The number of rotatable bonds is 6. The van der Waals surface area contributed by atoms with Crippen LogP contribution in [0.1, 0.15) is 44.8 Å². The van der Waals surface area contributed by atoms with Gasteiger partial charge in [0.2, 0.25) is 0 Å². The van der Waals surface area contributed by atoms with E-state index in [1.807, 2.05) is 95.9 Å². The van der Waals surface area contributed by atoms with Gasteiger partial charge in [0, 0.05) is 82.1 Å². The van der Waals surface area contributed by atoms with Gasteiger partial charge in [0.05, 0.1) is 71.8 Å². The summed E-state index contributed by atoms with van der Waals surface area (Å²) in [5.74, 6) is 0. The Hall–Kier alpha value is -2.86. The molecule has 3 aromatic heterocycles. The molecule has 7 aromatic rings. The molecule has 364 valence electrons. The largest absolute Gasteiger partial charge is 0.494 e. The van der Waals surface area contributed by atoms with Crippen LogP contribution >= 0.6 is 102 Å². The van der Waals surface area contributed by atoms with Crippen molar-refractivity contribution in [2.24, 2.45) is 0 Å². The lowest BCUT2D eigenvalue weighted by molar-refractivity contribution is 0.00578. The summed E-state index contributed by atoms with van der Waals surface area (Å²) in [6.45, 7) is 21.0. The lowest BCUT2D eigenvalue weighted by atomic mass is 9.78. The van der Waals surface area contributed by atoms with Gasteiger partial charge in [0.1, 0.15) is 0 Å². The molecule has 3 aliphatic heterocycles. The fourth-order valence-electron chi connectivity index (χ4n) is 7.43. The number of morpholine rings is 2. The molecule has 0 atom stereocenters. The quantitative estimate of drug-likeness (QED) is 0.119. The first kappa shape index (κ1) is 53.9. The fourth-order valence-corrected chi connectivity index (χ4v) is 12.0. The zero-order chi connectivity index (χ0) is 49.5. The highest BCUT2D eigenvalue weighted by molar-refractivity contribution is 14.1. The first-order valence-electron chi connectivity index (χ1n) is 22.4. The van der Waals surface area contributed by atoms with Crippen LogP contribution in [0, 0.1) is 24.3 Å². The van der Waals surface area contributed by atoms with E-state index in [1.165, 1.54) is 9.26 Å². The Labute approximate surface area is 461 Å². The Morgan fingerprint density at radius 1 is 0.464 bits per heavy atom. The second-order valence-electron chi connectivity index (χ2n) is 17.7. The molecule has 19 heteroatoms. The third kappa shape index (κ3) is 15.1. The Morgan fingerprint density at radius 2 is 0.783 bits per heavy atom. The lowest BCUT2D eigenvalue weighted by Gasteiger charge is -2.32. The maximum Gasteiger partial charge on any atom is 0.494 e. The van der Waals surface area contributed by atoms with Crippen LogP contribution in [0.15, 0.2) is 132 Å². The van der Waals surface area contributed by atoms with Gasteiger partial charge in [0.15, 0.2) is 0 Å². The summed E-state index contributed by atoms with van der Waals surface area (Å²) in [7, 11) is -0.397. The first-order chi connectivity index (χ1) is 32.8. The van der Waals surface area contributed by atoms with Gasteiger partial charge in [-0.25, -0.2) is 14.0 Å². The summed E-state index contributed by atoms with van der Waals surface area (Å²) < 4.78 is 35.8. The van der Waals surface area contributed by atoms with Crippen molar-refractivity contribution in [2.75, 3.05) is 62.4 Å².